The molecule has 3 rings (SSSR count). The number of halogens is 2. The van der Waals surface area contributed by atoms with E-state index in [0.29, 0.717) is 15.2 Å². The maximum atomic E-state index is 13.3. The van der Waals surface area contributed by atoms with Crippen LogP contribution in [0.25, 0.3) is 10.8 Å². The van der Waals surface area contributed by atoms with Crippen LogP contribution in [0.4, 0.5) is 4.39 Å². The van der Waals surface area contributed by atoms with Gasteiger partial charge in [0.2, 0.25) is 0 Å². The topological polar surface area (TPSA) is 93.1 Å². The Morgan fingerprint density at radius 1 is 1.11 bits per heavy atom. The molecule has 0 fully saturated rings. The van der Waals surface area contributed by atoms with Gasteiger partial charge in [-0.1, -0.05) is 18.2 Å². The van der Waals surface area contributed by atoms with E-state index < -0.39 is 17.6 Å². The van der Waals surface area contributed by atoms with E-state index in [4.69, 9.17) is 0 Å². The molecule has 0 aliphatic heterocycles. The molecule has 138 valence electrons. The number of hydrazine groups is 1. The zero-order valence-corrected chi connectivity index (χ0v) is 15.7. The number of carbonyl (C=O) groups excluding carboxylic acids is 2. The minimum Gasteiger partial charge on any atom is -0.267 e. The molecule has 0 atom stereocenters. The number of amides is 2. The summed E-state index contributed by atoms with van der Waals surface area (Å²) in [5, 5.41) is 4.79. The van der Waals surface area contributed by atoms with Crippen LogP contribution in [0, 0.1) is 5.82 Å². The van der Waals surface area contributed by atoms with Crippen molar-refractivity contribution in [3.05, 3.63) is 74.4 Å². The molecule has 3 aromatic rings. The molecule has 2 amide bonds. The number of carbonyl (C=O) groups is 2. The Labute approximate surface area is 161 Å². The lowest BCUT2D eigenvalue weighted by atomic mass is 10.1. The molecule has 0 saturated carbocycles. The summed E-state index contributed by atoms with van der Waals surface area (Å²) in [6, 6.07) is 10.2. The molecule has 1 aromatic heterocycles. The fourth-order valence-electron chi connectivity index (χ4n) is 2.53. The van der Waals surface area contributed by atoms with E-state index in [1.54, 1.807) is 31.2 Å². The summed E-state index contributed by atoms with van der Waals surface area (Å²) in [4.78, 5) is 37.0. The molecule has 0 aliphatic carbocycles. The molecule has 7 nitrogen and oxygen atoms in total. The van der Waals surface area contributed by atoms with Crippen molar-refractivity contribution in [3.63, 3.8) is 0 Å². The van der Waals surface area contributed by atoms with Gasteiger partial charge in [0.1, 0.15) is 5.82 Å². The smallest absolute Gasteiger partial charge is 0.267 e. The summed E-state index contributed by atoms with van der Waals surface area (Å²) in [5.41, 5.74) is 4.17. The molecular weight excluding hydrogens is 419 g/mol. The van der Waals surface area contributed by atoms with Gasteiger partial charge < -0.3 is 0 Å². The van der Waals surface area contributed by atoms with Crippen LogP contribution in [0.5, 0.6) is 0 Å². The van der Waals surface area contributed by atoms with Crippen molar-refractivity contribution in [3.8, 4) is 0 Å². The van der Waals surface area contributed by atoms with Crippen LogP contribution in [0.15, 0.2) is 51.7 Å². The Morgan fingerprint density at radius 3 is 2.48 bits per heavy atom. The molecule has 0 spiro atoms. The summed E-state index contributed by atoms with van der Waals surface area (Å²) in [6.07, 6.45) is 0. The highest BCUT2D eigenvalue weighted by molar-refractivity contribution is 9.10. The second-order valence-electron chi connectivity index (χ2n) is 5.55. The molecular formula is C18H14BrFN4O3. The second-order valence-corrected chi connectivity index (χ2v) is 6.40. The van der Waals surface area contributed by atoms with Gasteiger partial charge in [-0.3, -0.25) is 25.2 Å². The zero-order valence-electron chi connectivity index (χ0n) is 14.1. The lowest BCUT2D eigenvalue weighted by Crippen LogP contribution is -2.43. The van der Waals surface area contributed by atoms with Gasteiger partial charge in [-0.25, -0.2) is 9.07 Å². The number of nitrogens with one attached hydrogen (secondary N) is 2. The van der Waals surface area contributed by atoms with Crippen LogP contribution in [-0.2, 0) is 6.54 Å². The van der Waals surface area contributed by atoms with Gasteiger partial charge in [0, 0.05) is 16.4 Å². The lowest BCUT2D eigenvalue weighted by Gasteiger charge is -2.11. The number of fused-ring (bicyclic) bond motifs is 1. The highest BCUT2D eigenvalue weighted by Gasteiger charge is 2.18. The SMILES string of the molecule is CCn1nc(C(=O)NNC(=O)c2cc(F)ccc2Br)c2ccccc2c1=O. The number of rotatable bonds is 3. The number of hydrogen-bond acceptors (Lipinski definition) is 4. The predicted molar refractivity (Wildman–Crippen MR) is 101 cm³/mol. The summed E-state index contributed by atoms with van der Waals surface area (Å²) in [7, 11) is 0. The molecule has 9 heteroatoms. The van der Waals surface area contributed by atoms with Crippen molar-refractivity contribution in [1.82, 2.24) is 20.6 Å². The predicted octanol–water partition coefficient (Wildman–Crippen LogP) is 2.39. The molecule has 0 unspecified atom stereocenters. The van der Waals surface area contributed by atoms with E-state index in [9.17, 15) is 18.8 Å². The average Bonchev–Trinajstić information content (AvgIpc) is 2.68. The maximum Gasteiger partial charge on any atom is 0.290 e. The second kappa shape index (κ2) is 7.67. The minimum absolute atomic E-state index is 0.00865. The van der Waals surface area contributed by atoms with Gasteiger partial charge in [-0.2, -0.15) is 5.10 Å². The highest BCUT2D eigenvalue weighted by atomic mass is 79.9. The number of aromatic nitrogens is 2. The standard InChI is InChI=1S/C18H14BrFN4O3/c1-2-24-18(27)12-6-4-3-5-11(12)15(23-24)17(26)22-21-16(25)13-9-10(20)7-8-14(13)19/h3-9H,2H2,1H3,(H,21,25)(H,22,26). The Hall–Kier alpha value is -3.07. The Kier molecular flexibility index (Phi) is 5.31. The first-order valence-electron chi connectivity index (χ1n) is 7.98. The fourth-order valence-corrected chi connectivity index (χ4v) is 2.96. The first-order valence-corrected chi connectivity index (χ1v) is 8.77. The van der Waals surface area contributed by atoms with Crippen molar-refractivity contribution in [1.29, 1.82) is 0 Å². The van der Waals surface area contributed by atoms with E-state index in [-0.39, 0.29) is 23.4 Å². The summed E-state index contributed by atoms with van der Waals surface area (Å²) in [6.45, 7) is 2.01. The summed E-state index contributed by atoms with van der Waals surface area (Å²) >= 11 is 3.15. The molecule has 0 radical (unpaired) electrons. The van der Waals surface area contributed by atoms with Crippen LogP contribution in [-0.4, -0.2) is 21.6 Å². The van der Waals surface area contributed by atoms with Gasteiger partial charge in [0.25, 0.3) is 17.4 Å². The molecule has 2 N–H and O–H groups in total. The fraction of sp³-hybridized carbons (Fsp3) is 0.111. The summed E-state index contributed by atoms with van der Waals surface area (Å²) in [5.74, 6) is -1.99. The molecule has 2 aromatic carbocycles. The number of hydrogen-bond donors (Lipinski definition) is 2. The van der Waals surface area contributed by atoms with Gasteiger partial charge in [-0.15, -0.1) is 0 Å². The maximum absolute atomic E-state index is 13.3. The minimum atomic E-state index is -0.706. The molecule has 1 heterocycles. The van der Waals surface area contributed by atoms with E-state index >= 15 is 0 Å². The van der Waals surface area contributed by atoms with Crippen molar-refractivity contribution < 1.29 is 14.0 Å². The van der Waals surface area contributed by atoms with E-state index in [1.165, 1.54) is 16.8 Å². The van der Waals surface area contributed by atoms with Crippen LogP contribution >= 0.6 is 15.9 Å². The third-order valence-electron chi connectivity index (χ3n) is 3.84. The van der Waals surface area contributed by atoms with Crippen molar-refractivity contribution >= 4 is 38.5 Å². The van der Waals surface area contributed by atoms with Crippen LogP contribution in [0.1, 0.15) is 27.8 Å². The van der Waals surface area contributed by atoms with E-state index in [0.717, 1.165) is 6.07 Å². The van der Waals surface area contributed by atoms with Crippen molar-refractivity contribution in [2.75, 3.05) is 0 Å². The number of nitrogens with zero attached hydrogens (tertiary/aromatic N) is 2. The first-order chi connectivity index (χ1) is 12.9. The van der Waals surface area contributed by atoms with Crippen molar-refractivity contribution in [2.45, 2.75) is 13.5 Å². The highest BCUT2D eigenvalue weighted by Crippen LogP contribution is 2.17. The molecule has 0 aliphatic rings. The Balaban J connectivity index is 1.89. The van der Waals surface area contributed by atoms with Crippen LogP contribution in [0.2, 0.25) is 0 Å². The lowest BCUT2D eigenvalue weighted by molar-refractivity contribution is 0.0843. The van der Waals surface area contributed by atoms with E-state index in [1.807, 2.05) is 0 Å². The quantitative estimate of drug-likeness (QED) is 0.621. The summed E-state index contributed by atoms with van der Waals surface area (Å²) < 4.78 is 14.9. The molecule has 0 saturated heterocycles. The monoisotopic (exact) mass is 432 g/mol. The zero-order chi connectivity index (χ0) is 19.6. The molecule has 0 bridgehead atoms. The van der Waals surface area contributed by atoms with Crippen LogP contribution in [0.3, 0.4) is 0 Å². The third-order valence-corrected chi connectivity index (χ3v) is 4.54. The van der Waals surface area contributed by atoms with Crippen LogP contribution < -0.4 is 16.4 Å². The van der Waals surface area contributed by atoms with Gasteiger partial charge in [0.15, 0.2) is 5.69 Å². The number of aryl methyl sites for hydroxylation is 1. The normalized spacial score (nSPS) is 10.6. The third kappa shape index (κ3) is 3.72. The average molecular weight is 433 g/mol. The largest absolute Gasteiger partial charge is 0.290 e. The van der Waals surface area contributed by atoms with Gasteiger partial charge in [0.05, 0.1) is 10.9 Å². The first kappa shape index (κ1) is 18.7. The Morgan fingerprint density at radius 2 is 1.78 bits per heavy atom. The number of benzene rings is 2. The van der Waals surface area contributed by atoms with E-state index in [2.05, 4.69) is 31.9 Å². The van der Waals surface area contributed by atoms with Crippen molar-refractivity contribution in [2.24, 2.45) is 0 Å². The Bertz CT molecular complexity index is 1110. The molecule has 27 heavy (non-hydrogen) atoms. The van der Waals surface area contributed by atoms with Gasteiger partial charge in [-0.05, 0) is 47.1 Å². The van der Waals surface area contributed by atoms with Gasteiger partial charge >= 0.3 is 0 Å².